The van der Waals surface area contributed by atoms with Gasteiger partial charge in [-0.3, -0.25) is 4.79 Å². The number of carbonyl (C=O) groups is 1. The van der Waals surface area contributed by atoms with E-state index in [9.17, 15) is 4.79 Å². The molecule has 1 N–H and O–H groups in total. The lowest BCUT2D eigenvalue weighted by Gasteiger charge is -2.09. The maximum absolute atomic E-state index is 11.2. The molecule has 1 amide bonds. The van der Waals surface area contributed by atoms with Gasteiger partial charge in [-0.2, -0.15) is 0 Å². The first-order valence-corrected chi connectivity index (χ1v) is 5.49. The highest BCUT2D eigenvalue weighted by Gasteiger charge is 2.06. The standard InChI is InChI=1S/C9H15ClN4O2/c1-14(2)8(15)4-6-11-9-13-12-7(16-9)3-5-10/h3-6H2,1-2H3,(H,11,13). The molecule has 1 aromatic rings. The molecule has 1 heterocycles. The predicted molar refractivity (Wildman–Crippen MR) is 60.5 cm³/mol. The van der Waals surface area contributed by atoms with Gasteiger partial charge in [-0.1, -0.05) is 5.10 Å². The molecule has 0 unspecified atom stereocenters. The molecule has 0 fully saturated rings. The average Bonchev–Trinajstić information content (AvgIpc) is 2.66. The molecule has 0 spiro atoms. The second kappa shape index (κ2) is 6.32. The zero-order valence-corrected chi connectivity index (χ0v) is 10.1. The van der Waals surface area contributed by atoms with Gasteiger partial charge in [0.1, 0.15) is 0 Å². The smallest absolute Gasteiger partial charge is 0.315 e. The molecule has 16 heavy (non-hydrogen) atoms. The number of alkyl halides is 1. The third-order valence-electron chi connectivity index (χ3n) is 1.89. The minimum atomic E-state index is 0.0491. The number of aryl methyl sites for hydroxylation is 1. The highest BCUT2D eigenvalue weighted by atomic mass is 35.5. The molecule has 0 aliphatic carbocycles. The first-order valence-electron chi connectivity index (χ1n) is 4.96. The number of nitrogens with one attached hydrogen (secondary N) is 1. The van der Waals surface area contributed by atoms with Gasteiger partial charge in [-0.25, -0.2) is 0 Å². The summed E-state index contributed by atoms with van der Waals surface area (Å²) in [6, 6.07) is 0.326. The van der Waals surface area contributed by atoms with Crippen LogP contribution in [0.2, 0.25) is 0 Å². The normalized spacial score (nSPS) is 10.2. The summed E-state index contributed by atoms with van der Waals surface area (Å²) >= 11 is 5.53. The zero-order valence-electron chi connectivity index (χ0n) is 9.36. The summed E-state index contributed by atoms with van der Waals surface area (Å²) in [5, 5.41) is 10.4. The van der Waals surface area contributed by atoms with Crippen LogP contribution in [0.15, 0.2) is 4.42 Å². The number of aromatic nitrogens is 2. The topological polar surface area (TPSA) is 71.3 Å². The van der Waals surface area contributed by atoms with Gasteiger partial charge in [0, 0.05) is 39.4 Å². The van der Waals surface area contributed by atoms with Crippen LogP contribution in [0.5, 0.6) is 0 Å². The first kappa shape index (κ1) is 12.8. The van der Waals surface area contributed by atoms with Crippen molar-refractivity contribution in [2.24, 2.45) is 0 Å². The van der Waals surface area contributed by atoms with E-state index in [1.165, 1.54) is 4.90 Å². The predicted octanol–water partition coefficient (Wildman–Crippen LogP) is 0.741. The first-order chi connectivity index (χ1) is 7.63. The van der Waals surface area contributed by atoms with E-state index >= 15 is 0 Å². The van der Waals surface area contributed by atoms with E-state index in [1.807, 2.05) is 0 Å². The average molecular weight is 247 g/mol. The summed E-state index contributed by atoms with van der Waals surface area (Å²) in [5.74, 6) is 0.991. The molecule has 0 aromatic carbocycles. The summed E-state index contributed by atoms with van der Waals surface area (Å²) in [6.45, 7) is 0.472. The third-order valence-corrected chi connectivity index (χ3v) is 2.08. The van der Waals surface area contributed by atoms with Crippen molar-refractivity contribution in [3.05, 3.63) is 5.89 Å². The number of hydrogen-bond donors (Lipinski definition) is 1. The van der Waals surface area contributed by atoms with E-state index in [0.717, 1.165) is 0 Å². The maximum atomic E-state index is 11.2. The second-order valence-corrected chi connectivity index (χ2v) is 3.78. The molecule has 90 valence electrons. The third kappa shape index (κ3) is 4.06. The van der Waals surface area contributed by atoms with Crippen LogP contribution in [0.4, 0.5) is 6.01 Å². The molecule has 1 rings (SSSR count). The summed E-state index contributed by atoms with van der Waals surface area (Å²) in [5.41, 5.74) is 0. The Kier molecular flexibility index (Phi) is 5.04. The minimum Gasteiger partial charge on any atom is -0.408 e. The van der Waals surface area contributed by atoms with Crippen molar-refractivity contribution in [1.82, 2.24) is 15.1 Å². The van der Waals surface area contributed by atoms with Crippen molar-refractivity contribution in [3.63, 3.8) is 0 Å². The lowest BCUT2D eigenvalue weighted by atomic mass is 10.4. The summed E-state index contributed by atoms with van der Waals surface area (Å²) < 4.78 is 5.22. The van der Waals surface area contributed by atoms with E-state index in [4.69, 9.17) is 16.0 Å². The fourth-order valence-corrected chi connectivity index (χ4v) is 1.17. The Morgan fingerprint density at radius 2 is 2.25 bits per heavy atom. The Balaban J connectivity index is 2.29. The highest BCUT2D eigenvalue weighted by molar-refractivity contribution is 6.17. The van der Waals surface area contributed by atoms with Crippen molar-refractivity contribution in [2.45, 2.75) is 12.8 Å². The fraction of sp³-hybridized carbons (Fsp3) is 0.667. The molecule has 0 atom stereocenters. The van der Waals surface area contributed by atoms with E-state index < -0.39 is 0 Å². The van der Waals surface area contributed by atoms with Gasteiger partial charge >= 0.3 is 6.01 Å². The maximum Gasteiger partial charge on any atom is 0.315 e. The van der Waals surface area contributed by atoms with Gasteiger partial charge in [-0.15, -0.1) is 16.7 Å². The van der Waals surface area contributed by atoms with E-state index in [1.54, 1.807) is 14.1 Å². The minimum absolute atomic E-state index is 0.0491. The molecule has 0 aliphatic heterocycles. The largest absolute Gasteiger partial charge is 0.408 e. The Labute approximate surface area is 99.0 Å². The van der Waals surface area contributed by atoms with Gasteiger partial charge in [-0.05, 0) is 0 Å². The molecule has 6 nitrogen and oxygen atoms in total. The SMILES string of the molecule is CN(C)C(=O)CCNc1nnc(CCCl)o1. The highest BCUT2D eigenvalue weighted by Crippen LogP contribution is 2.06. The Morgan fingerprint density at radius 1 is 1.50 bits per heavy atom. The van der Waals surface area contributed by atoms with Crippen molar-refractivity contribution in [3.8, 4) is 0 Å². The van der Waals surface area contributed by atoms with Crippen LogP contribution in [0.3, 0.4) is 0 Å². The molecule has 0 aliphatic rings. The van der Waals surface area contributed by atoms with Crippen molar-refractivity contribution in [1.29, 1.82) is 0 Å². The molecule has 0 radical (unpaired) electrons. The van der Waals surface area contributed by atoms with Crippen molar-refractivity contribution in [2.75, 3.05) is 31.8 Å². The van der Waals surface area contributed by atoms with Crippen LogP contribution < -0.4 is 5.32 Å². The molecular weight excluding hydrogens is 232 g/mol. The number of rotatable bonds is 6. The summed E-state index contributed by atoms with van der Waals surface area (Å²) in [7, 11) is 3.43. The monoisotopic (exact) mass is 246 g/mol. The quantitative estimate of drug-likeness (QED) is 0.750. The Morgan fingerprint density at radius 3 is 2.88 bits per heavy atom. The van der Waals surface area contributed by atoms with Gasteiger partial charge in [0.25, 0.3) is 0 Å². The Bertz CT molecular complexity index is 340. The summed E-state index contributed by atoms with van der Waals surface area (Å²) in [6.07, 6.45) is 0.938. The van der Waals surface area contributed by atoms with Gasteiger partial charge < -0.3 is 14.6 Å². The number of carbonyl (C=O) groups excluding carboxylic acids is 1. The zero-order chi connectivity index (χ0) is 12.0. The molecular formula is C9H15ClN4O2. The van der Waals surface area contributed by atoms with E-state index in [0.29, 0.717) is 37.2 Å². The van der Waals surface area contributed by atoms with Gasteiger partial charge in [0.2, 0.25) is 11.8 Å². The van der Waals surface area contributed by atoms with Crippen molar-refractivity contribution < 1.29 is 9.21 Å². The van der Waals surface area contributed by atoms with Crippen LogP contribution >= 0.6 is 11.6 Å². The summed E-state index contributed by atoms with van der Waals surface area (Å²) in [4.78, 5) is 12.8. The van der Waals surface area contributed by atoms with Gasteiger partial charge in [0.15, 0.2) is 0 Å². The van der Waals surface area contributed by atoms with E-state index in [2.05, 4.69) is 15.5 Å². The lowest BCUT2D eigenvalue weighted by Crippen LogP contribution is -2.23. The van der Waals surface area contributed by atoms with Crippen LogP contribution in [-0.4, -0.2) is 47.5 Å². The molecule has 0 saturated carbocycles. The van der Waals surface area contributed by atoms with Crippen LogP contribution in [0.1, 0.15) is 12.3 Å². The lowest BCUT2D eigenvalue weighted by molar-refractivity contribution is -0.128. The Hall–Kier alpha value is -1.30. The number of nitrogens with zero attached hydrogens (tertiary/aromatic N) is 3. The number of halogens is 1. The van der Waals surface area contributed by atoms with E-state index in [-0.39, 0.29) is 5.91 Å². The van der Waals surface area contributed by atoms with Crippen LogP contribution in [0.25, 0.3) is 0 Å². The molecule has 1 aromatic heterocycles. The molecule has 0 bridgehead atoms. The number of anilines is 1. The van der Waals surface area contributed by atoms with Crippen LogP contribution in [-0.2, 0) is 11.2 Å². The van der Waals surface area contributed by atoms with Crippen molar-refractivity contribution >= 4 is 23.5 Å². The molecule has 7 heteroatoms. The fourth-order valence-electron chi connectivity index (χ4n) is 1.01. The second-order valence-electron chi connectivity index (χ2n) is 3.40. The van der Waals surface area contributed by atoms with Crippen LogP contribution in [0, 0.1) is 0 Å². The number of amides is 1. The van der Waals surface area contributed by atoms with Gasteiger partial charge in [0.05, 0.1) is 0 Å². The number of hydrogen-bond acceptors (Lipinski definition) is 5. The molecule has 0 saturated heterocycles.